The molecular formula is C29H40ClFN4O4. The van der Waals surface area contributed by atoms with Gasteiger partial charge in [-0.3, -0.25) is 14.4 Å². The SMILES string of the molecule is CCC(C)C1NCCOc2cc(F)ccc2CCCNC(=O)CNC(=O)CN(C)C1=O.Cc1ccc(Cl)cc1. The van der Waals surface area contributed by atoms with E-state index in [1.54, 1.807) is 13.1 Å². The molecule has 0 fully saturated rings. The van der Waals surface area contributed by atoms with Gasteiger partial charge in [0, 0.05) is 31.2 Å². The van der Waals surface area contributed by atoms with Crippen molar-refractivity contribution < 1.29 is 23.5 Å². The fraction of sp³-hybridized carbons (Fsp3) is 0.483. The Bertz CT molecular complexity index is 1060. The Kier molecular flexibility index (Phi) is 13.7. The van der Waals surface area contributed by atoms with Gasteiger partial charge in [-0.05, 0) is 49.4 Å². The first-order valence-electron chi connectivity index (χ1n) is 13.3. The lowest BCUT2D eigenvalue weighted by Crippen LogP contribution is -2.52. The number of fused-ring (bicyclic) bond motifs is 1. The minimum atomic E-state index is -0.486. The molecule has 0 saturated heterocycles. The monoisotopic (exact) mass is 562 g/mol. The van der Waals surface area contributed by atoms with E-state index in [9.17, 15) is 18.8 Å². The number of rotatable bonds is 2. The van der Waals surface area contributed by atoms with Crippen LogP contribution in [-0.4, -0.2) is 68.5 Å². The first-order chi connectivity index (χ1) is 18.6. The standard InChI is InChI=1S/C22H33FN4O4.C7H7Cl/c1-4-15(2)21-22(30)27(3)14-20(29)26-13-19(28)24-9-5-6-16-7-8-17(23)12-18(16)31-11-10-25-21;1-6-2-4-7(8)5-3-6/h7-8,12,15,21,25H,4-6,9-11,13-14H2,1-3H3,(H,24,28)(H,26,29);2-5H,1H3. The molecule has 3 N–H and O–H groups in total. The van der Waals surface area contributed by atoms with Crippen molar-refractivity contribution in [2.24, 2.45) is 5.92 Å². The molecule has 0 spiro atoms. The van der Waals surface area contributed by atoms with Gasteiger partial charge in [-0.2, -0.15) is 0 Å². The molecule has 3 amide bonds. The fourth-order valence-corrected chi connectivity index (χ4v) is 4.01. The van der Waals surface area contributed by atoms with Crippen molar-refractivity contribution in [3.8, 4) is 5.75 Å². The molecule has 39 heavy (non-hydrogen) atoms. The molecule has 2 aromatic rings. The Hall–Kier alpha value is -3.17. The molecule has 2 unspecified atom stereocenters. The van der Waals surface area contributed by atoms with Gasteiger partial charge in [0.25, 0.3) is 0 Å². The number of likely N-dealkylation sites (N-methyl/N-ethyl adjacent to an activating group) is 1. The molecule has 0 bridgehead atoms. The van der Waals surface area contributed by atoms with Crippen LogP contribution in [0.25, 0.3) is 0 Å². The van der Waals surface area contributed by atoms with Gasteiger partial charge in [-0.25, -0.2) is 4.39 Å². The minimum Gasteiger partial charge on any atom is -0.492 e. The molecular weight excluding hydrogens is 523 g/mol. The van der Waals surface area contributed by atoms with Crippen LogP contribution in [0.15, 0.2) is 42.5 Å². The van der Waals surface area contributed by atoms with Gasteiger partial charge in [-0.15, -0.1) is 0 Å². The second-order valence-electron chi connectivity index (χ2n) is 9.64. The van der Waals surface area contributed by atoms with Gasteiger partial charge in [0.05, 0.1) is 19.1 Å². The number of aryl methyl sites for hydroxylation is 2. The van der Waals surface area contributed by atoms with Crippen LogP contribution in [0.1, 0.15) is 37.8 Å². The Morgan fingerprint density at radius 1 is 1.08 bits per heavy atom. The van der Waals surface area contributed by atoms with Crippen LogP contribution in [-0.2, 0) is 20.8 Å². The summed E-state index contributed by atoms with van der Waals surface area (Å²) in [4.78, 5) is 38.3. The van der Waals surface area contributed by atoms with Gasteiger partial charge >= 0.3 is 0 Å². The van der Waals surface area contributed by atoms with E-state index in [4.69, 9.17) is 16.3 Å². The Balaban J connectivity index is 0.000000568. The second kappa shape index (κ2) is 16.7. The van der Waals surface area contributed by atoms with Crippen LogP contribution in [0.3, 0.4) is 0 Å². The lowest BCUT2D eigenvalue weighted by molar-refractivity contribution is -0.137. The topological polar surface area (TPSA) is 99.8 Å². The molecule has 2 aromatic carbocycles. The largest absolute Gasteiger partial charge is 0.492 e. The van der Waals surface area contributed by atoms with Crippen molar-refractivity contribution in [3.05, 3.63) is 64.4 Å². The molecule has 0 radical (unpaired) electrons. The van der Waals surface area contributed by atoms with E-state index in [-0.39, 0.29) is 43.2 Å². The van der Waals surface area contributed by atoms with E-state index in [1.165, 1.54) is 22.6 Å². The van der Waals surface area contributed by atoms with Gasteiger partial charge in [0.15, 0.2) is 0 Å². The number of ether oxygens (including phenoxy) is 1. The van der Waals surface area contributed by atoms with Crippen molar-refractivity contribution in [2.45, 2.75) is 46.1 Å². The van der Waals surface area contributed by atoms with Crippen LogP contribution < -0.4 is 20.7 Å². The molecule has 1 aliphatic heterocycles. The van der Waals surface area contributed by atoms with Crippen molar-refractivity contribution in [1.29, 1.82) is 0 Å². The number of nitrogens with zero attached hydrogens (tertiary/aromatic N) is 1. The third-order valence-electron chi connectivity index (χ3n) is 6.39. The minimum absolute atomic E-state index is 0.0408. The second-order valence-corrected chi connectivity index (χ2v) is 10.1. The summed E-state index contributed by atoms with van der Waals surface area (Å²) in [5, 5.41) is 9.30. The highest BCUT2D eigenvalue weighted by molar-refractivity contribution is 6.30. The molecule has 3 rings (SSSR count). The van der Waals surface area contributed by atoms with E-state index in [0.717, 1.165) is 17.0 Å². The average molecular weight is 563 g/mol. The quantitative estimate of drug-likeness (QED) is 0.520. The zero-order valence-electron chi connectivity index (χ0n) is 23.2. The highest BCUT2D eigenvalue weighted by Gasteiger charge is 2.27. The van der Waals surface area contributed by atoms with Gasteiger partial charge in [0.2, 0.25) is 17.7 Å². The first-order valence-corrected chi connectivity index (χ1v) is 13.6. The van der Waals surface area contributed by atoms with E-state index >= 15 is 0 Å². The van der Waals surface area contributed by atoms with Crippen LogP contribution in [0.2, 0.25) is 5.02 Å². The molecule has 0 aliphatic carbocycles. The number of benzene rings is 2. The molecule has 8 nitrogen and oxygen atoms in total. The molecule has 0 aromatic heterocycles. The number of halogens is 2. The lowest BCUT2D eigenvalue weighted by atomic mass is 9.98. The average Bonchev–Trinajstić information content (AvgIpc) is 2.91. The summed E-state index contributed by atoms with van der Waals surface area (Å²) >= 11 is 5.61. The van der Waals surface area contributed by atoms with Crippen molar-refractivity contribution in [1.82, 2.24) is 20.9 Å². The van der Waals surface area contributed by atoms with Gasteiger partial charge in [0.1, 0.15) is 18.2 Å². The first kappa shape index (κ1) is 32.0. The summed E-state index contributed by atoms with van der Waals surface area (Å²) in [6.07, 6.45) is 2.03. The predicted molar refractivity (Wildman–Crippen MR) is 151 cm³/mol. The van der Waals surface area contributed by atoms with Crippen molar-refractivity contribution in [3.63, 3.8) is 0 Å². The van der Waals surface area contributed by atoms with Crippen molar-refractivity contribution in [2.75, 3.05) is 39.8 Å². The predicted octanol–water partition coefficient (Wildman–Crippen LogP) is 3.49. The number of carbonyl (C=O) groups is 3. The maximum atomic E-state index is 13.7. The number of carbonyl (C=O) groups excluding carboxylic acids is 3. The third kappa shape index (κ3) is 11.6. The molecule has 0 saturated carbocycles. The van der Waals surface area contributed by atoms with Crippen LogP contribution in [0.4, 0.5) is 4.39 Å². The Labute approximate surface area is 235 Å². The van der Waals surface area contributed by atoms with Crippen LogP contribution >= 0.6 is 11.6 Å². The molecule has 1 aliphatic rings. The number of hydrogen-bond donors (Lipinski definition) is 3. The normalized spacial score (nSPS) is 18.7. The third-order valence-corrected chi connectivity index (χ3v) is 6.64. The van der Waals surface area contributed by atoms with E-state index in [0.29, 0.717) is 31.7 Å². The zero-order valence-corrected chi connectivity index (χ0v) is 23.9. The van der Waals surface area contributed by atoms with Gasteiger partial charge in [-0.1, -0.05) is 55.6 Å². The molecule has 2 atom stereocenters. The summed E-state index contributed by atoms with van der Waals surface area (Å²) in [6, 6.07) is 11.7. The summed E-state index contributed by atoms with van der Waals surface area (Å²) in [5.41, 5.74) is 2.09. The Morgan fingerprint density at radius 2 is 1.79 bits per heavy atom. The molecule has 10 heteroatoms. The van der Waals surface area contributed by atoms with E-state index in [1.807, 2.05) is 45.0 Å². The zero-order chi connectivity index (χ0) is 28.8. The molecule has 214 valence electrons. The maximum Gasteiger partial charge on any atom is 0.240 e. The van der Waals surface area contributed by atoms with E-state index < -0.39 is 11.9 Å². The summed E-state index contributed by atoms with van der Waals surface area (Å²) in [5.74, 6) is -0.787. The molecule has 1 heterocycles. The summed E-state index contributed by atoms with van der Waals surface area (Å²) < 4.78 is 19.5. The highest BCUT2D eigenvalue weighted by Crippen LogP contribution is 2.21. The fourth-order valence-electron chi connectivity index (χ4n) is 3.88. The Morgan fingerprint density at radius 3 is 2.46 bits per heavy atom. The van der Waals surface area contributed by atoms with Gasteiger partial charge < -0.3 is 25.6 Å². The number of amides is 3. The smallest absolute Gasteiger partial charge is 0.240 e. The van der Waals surface area contributed by atoms with E-state index in [2.05, 4.69) is 16.0 Å². The number of nitrogens with one attached hydrogen (secondary N) is 3. The highest BCUT2D eigenvalue weighted by atomic mass is 35.5. The maximum absolute atomic E-state index is 13.7. The number of hydrogen-bond acceptors (Lipinski definition) is 5. The van der Waals surface area contributed by atoms with Crippen LogP contribution in [0.5, 0.6) is 5.75 Å². The van der Waals surface area contributed by atoms with Crippen LogP contribution in [0, 0.1) is 18.7 Å². The summed E-state index contributed by atoms with van der Waals surface area (Å²) in [7, 11) is 1.56. The lowest BCUT2D eigenvalue weighted by Gasteiger charge is -2.28. The summed E-state index contributed by atoms with van der Waals surface area (Å²) in [6.45, 7) is 6.78. The van der Waals surface area contributed by atoms with Crippen molar-refractivity contribution >= 4 is 29.3 Å².